The van der Waals surface area contributed by atoms with E-state index in [2.05, 4.69) is 97.0 Å². The van der Waals surface area contributed by atoms with Crippen molar-refractivity contribution < 1.29 is 25.6 Å². The molecule has 16 rings (SSSR count). The molecule has 11 aromatic carbocycles. The van der Waals surface area contributed by atoms with E-state index in [1.165, 1.54) is 4.57 Å². The van der Waals surface area contributed by atoms with Gasteiger partial charge in [-0.05, 0) is 105 Å². The Morgan fingerprint density at radius 3 is 1.82 bits per heavy atom. The van der Waals surface area contributed by atoms with Gasteiger partial charge in [0.15, 0.2) is 11.3 Å². The van der Waals surface area contributed by atoms with E-state index in [0.717, 1.165) is 66.2 Å². The number of aromatic nitrogens is 2. The summed E-state index contributed by atoms with van der Waals surface area (Å²) in [6, 6.07) is 48.8. The average molecular weight is 1010 g/mol. The highest BCUT2D eigenvalue weighted by Gasteiger charge is 2.45. The van der Waals surface area contributed by atoms with Crippen molar-refractivity contribution in [2.75, 3.05) is 4.90 Å². The maximum atomic E-state index is 10.4. The van der Waals surface area contributed by atoms with E-state index in [-0.39, 0.29) is 61.6 Å². The first kappa shape index (κ1) is 33.8. The Bertz CT molecular complexity index is 5500. The zero-order valence-corrected chi connectivity index (χ0v) is 42.2. The minimum Gasteiger partial charge on any atom is -0.454 e. The van der Waals surface area contributed by atoms with Crippen LogP contribution in [-0.4, -0.2) is 15.8 Å². The molecule has 78 heavy (non-hydrogen) atoms. The molecule has 0 radical (unpaired) electrons. The molecule has 2 aliphatic heterocycles. The number of rotatable bonds is 5. The summed E-state index contributed by atoms with van der Waals surface area (Å²) in [5.74, 6) is 0.708. The second-order valence-corrected chi connectivity index (χ2v) is 21.0. The number of para-hydroxylation sites is 4. The number of furan rings is 1. The third-order valence-corrected chi connectivity index (χ3v) is 15.7. The minimum absolute atomic E-state index is 0.0298. The maximum Gasteiger partial charge on any atom is 0.256 e. The summed E-state index contributed by atoms with van der Waals surface area (Å²) in [5.41, 5.74) is 11.6. The van der Waals surface area contributed by atoms with Crippen LogP contribution in [0.25, 0.3) is 99.2 Å². The Kier molecular flexibility index (Phi) is 7.14. The van der Waals surface area contributed by atoms with Gasteiger partial charge in [0.05, 0.1) is 61.5 Å². The Labute approximate surface area is 467 Å². The molecule has 6 nitrogen and oxygen atoms in total. The first-order valence-corrected chi connectivity index (χ1v) is 25.8. The van der Waals surface area contributed by atoms with Gasteiger partial charge in [-0.3, -0.25) is 0 Å². The van der Waals surface area contributed by atoms with Crippen molar-refractivity contribution >= 4 is 106 Å². The molecule has 5 heterocycles. The van der Waals surface area contributed by atoms with Crippen LogP contribution in [-0.2, 0) is 5.41 Å². The predicted octanol–water partition coefficient (Wildman–Crippen LogP) is 16.7. The SMILES string of the molecule is [2H]c1c([2H])c([2H])c2c(oc3c4c(ccc32)B2c3ccc(-n5c6c([2H])c([2H])c([2H])c([2H])c6c6c([2H])c([2H])c([2H])c([2H])c65)cc3N(c3c(-c5ccccc5)cccc3-c3ccccc3)c3cc(-n5c6ccc(C#N)cc6c6cc(C(C)(C)C)ccc65)cc(c32)O4)c1[2H]. The summed E-state index contributed by atoms with van der Waals surface area (Å²) in [5, 5.41) is 12.7. The van der Waals surface area contributed by atoms with Gasteiger partial charge in [0, 0.05) is 66.6 Å². The van der Waals surface area contributed by atoms with E-state index in [9.17, 15) is 10.7 Å². The fraction of sp³-hybridized carbons (Fsp3) is 0.0563. The summed E-state index contributed by atoms with van der Waals surface area (Å²) in [6.07, 6.45) is 0. The number of hydrogen-bond acceptors (Lipinski definition) is 4. The Hall–Kier alpha value is -10.0. The molecule has 0 unspecified atom stereocenters. The number of anilines is 3. The topological polar surface area (TPSA) is 59.3 Å². The van der Waals surface area contributed by atoms with Crippen molar-refractivity contribution in [2.24, 2.45) is 0 Å². The quantitative estimate of drug-likeness (QED) is 0.161. The number of nitriles is 1. The van der Waals surface area contributed by atoms with Gasteiger partial charge in [-0.25, -0.2) is 0 Å². The van der Waals surface area contributed by atoms with E-state index >= 15 is 0 Å². The second kappa shape index (κ2) is 16.5. The van der Waals surface area contributed by atoms with Gasteiger partial charge in [-0.2, -0.15) is 5.26 Å². The van der Waals surface area contributed by atoms with Crippen molar-refractivity contribution in [2.45, 2.75) is 26.2 Å². The smallest absolute Gasteiger partial charge is 0.256 e. The van der Waals surface area contributed by atoms with E-state index < -0.39 is 67.1 Å². The monoisotopic (exact) mass is 1010 g/mol. The fourth-order valence-electron chi connectivity index (χ4n) is 12.2. The van der Waals surface area contributed by atoms with Crippen LogP contribution in [0, 0.1) is 11.3 Å². The number of ether oxygens (including phenoxy) is 1. The Balaban J connectivity index is 1.10. The zero-order valence-electron chi connectivity index (χ0n) is 54.2. The lowest BCUT2D eigenvalue weighted by atomic mass is 9.34. The van der Waals surface area contributed by atoms with Crippen LogP contribution in [0.5, 0.6) is 11.5 Å². The summed E-state index contributed by atoms with van der Waals surface area (Å²) in [6.45, 7) is 5.78. The van der Waals surface area contributed by atoms with E-state index in [4.69, 9.17) is 20.1 Å². The molecule has 366 valence electrons. The Morgan fingerprint density at radius 2 is 1.13 bits per heavy atom. The van der Waals surface area contributed by atoms with Crippen molar-refractivity contribution in [3.8, 4) is 51.2 Å². The number of fused-ring (bicyclic) bond motifs is 14. The lowest BCUT2D eigenvalue weighted by Gasteiger charge is -2.42. The summed E-state index contributed by atoms with van der Waals surface area (Å²) >= 11 is 0. The highest BCUT2D eigenvalue weighted by molar-refractivity contribution is 6.99. The van der Waals surface area contributed by atoms with Crippen molar-refractivity contribution in [3.05, 3.63) is 241 Å². The van der Waals surface area contributed by atoms with Gasteiger partial charge in [0.25, 0.3) is 6.71 Å². The van der Waals surface area contributed by atoms with Crippen molar-refractivity contribution in [3.63, 3.8) is 0 Å². The highest BCUT2D eigenvalue weighted by Crippen LogP contribution is 2.51. The molecule has 0 saturated heterocycles. The lowest BCUT2D eigenvalue weighted by molar-refractivity contribution is 0.481. The summed E-state index contributed by atoms with van der Waals surface area (Å²) in [7, 11) is 0. The first-order valence-electron chi connectivity index (χ1n) is 31.8. The normalized spacial score (nSPS) is 15.0. The summed E-state index contributed by atoms with van der Waals surface area (Å²) in [4.78, 5) is 2.21. The second-order valence-electron chi connectivity index (χ2n) is 21.0. The molecule has 0 atom stereocenters. The van der Waals surface area contributed by atoms with Gasteiger partial charge in [0.2, 0.25) is 0 Å². The van der Waals surface area contributed by atoms with Crippen LogP contribution in [0.2, 0.25) is 0 Å². The van der Waals surface area contributed by atoms with Crippen LogP contribution >= 0.6 is 0 Å². The molecule has 0 N–H and O–H groups in total. The maximum absolute atomic E-state index is 10.4. The van der Waals surface area contributed by atoms with Crippen molar-refractivity contribution in [1.82, 2.24) is 9.13 Å². The molecule has 14 aromatic rings. The number of benzene rings is 11. The molecule has 0 fully saturated rings. The van der Waals surface area contributed by atoms with Crippen LogP contribution < -0.4 is 26.0 Å². The third kappa shape index (κ3) is 6.38. The van der Waals surface area contributed by atoms with Gasteiger partial charge in [0.1, 0.15) is 11.3 Å². The largest absolute Gasteiger partial charge is 0.454 e. The minimum atomic E-state index is -0.697. The van der Waals surface area contributed by atoms with Crippen LogP contribution in [0.3, 0.4) is 0 Å². The molecular weight excluding hydrogens is 952 g/mol. The van der Waals surface area contributed by atoms with E-state index in [1.54, 1.807) is 18.2 Å². The molecule has 0 spiro atoms. The van der Waals surface area contributed by atoms with E-state index in [0.29, 0.717) is 44.9 Å². The molecule has 7 heteroatoms. The molecule has 2 aliphatic rings. The predicted molar refractivity (Wildman–Crippen MR) is 323 cm³/mol. The zero-order chi connectivity index (χ0) is 62.4. The van der Waals surface area contributed by atoms with Gasteiger partial charge < -0.3 is 23.2 Å². The van der Waals surface area contributed by atoms with Crippen LogP contribution in [0.4, 0.5) is 17.1 Å². The van der Waals surface area contributed by atoms with Crippen molar-refractivity contribution in [1.29, 1.82) is 5.26 Å². The number of hydrogen-bond donors (Lipinski definition) is 0. The van der Waals surface area contributed by atoms with Crippen LogP contribution in [0.15, 0.2) is 235 Å². The average Bonchev–Trinajstić information content (AvgIpc) is 1.19. The van der Waals surface area contributed by atoms with Gasteiger partial charge >= 0.3 is 0 Å². The first-order chi connectivity index (χ1) is 43.3. The molecule has 0 amide bonds. The molecular formula is C71H47BN4O2. The Morgan fingerprint density at radius 1 is 0.513 bits per heavy atom. The molecule has 3 aromatic heterocycles. The molecule has 0 saturated carbocycles. The standard InChI is InChI=1S/C71H47BN4O2/c1-71(2,3)46-30-36-62-56(38-46)55-37-43(42-73)29-35-61(55)75(62)48-40-64-67-66(41-48)78-70-58(34-32-54-53-23-12-15-28-65(53)77-69(54)70)72(67)57-33-31-47(74-59-26-13-10-21-51(59)52-22-11-14-27-60(52)74)39-63(57)76(64)68-49(44-17-6-4-7-18-44)24-16-25-50(68)45-19-8-5-9-20-45/h4-41H,1-3H3/i10D,11D,12D,13D,14D,15D,21D,22D,23D,26D,27D,28D. The molecule has 0 bridgehead atoms. The highest BCUT2D eigenvalue weighted by atomic mass is 16.5. The number of nitrogens with zero attached hydrogens (tertiary/aromatic N) is 4. The summed E-state index contributed by atoms with van der Waals surface area (Å²) < 4.78 is 127. The third-order valence-electron chi connectivity index (χ3n) is 15.7. The van der Waals surface area contributed by atoms with E-state index in [1.807, 2.05) is 78.9 Å². The molecule has 0 aliphatic carbocycles. The van der Waals surface area contributed by atoms with Gasteiger partial charge in [-0.15, -0.1) is 0 Å². The van der Waals surface area contributed by atoms with Gasteiger partial charge in [-0.1, -0.05) is 178 Å². The fourth-order valence-corrected chi connectivity index (χ4v) is 12.2. The lowest BCUT2D eigenvalue weighted by Crippen LogP contribution is -2.59. The van der Waals surface area contributed by atoms with Crippen LogP contribution in [0.1, 0.15) is 48.3 Å².